The number of nitrogens with zero attached hydrogens (tertiary/aromatic N) is 1. The number of esters is 1. The molecule has 0 radical (unpaired) electrons. The fourth-order valence-corrected chi connectivity index (χ4v) is 6.95. The SMILES string of the molecule is CCCCCCCCCCCCCCCCN(CCO)CCCCCCCC(=O)OC(CCCCCCCC)CCCCCCCC. The third-order valence-electron chi connectivity index (χ3n) is 10.2. The molecule has 0 spiro atoms. The number of rotatable bonds is 40. The fraction of sp³-hybridized carbons (Fsp3) is 0.977. The van der Waals surface area contributed by atoms with E-state index in [0.717, 1.165) is 45.3 Å². The van der Waals surface area contributed by atoms with Crippen LogP contribution in [0, 0.1) is 0 Å². The number of ether oxygens (including phenoxy) is 1. The van der Waals surface area contributed by atoms with Crippen LogP contribution in [0.15, 0.2) is 0 Å². The summed E-state index contributed by atoms with van der Waals surface area (Å²) in [5.41, 5.74) is 0. The Hall–Kier alpha value is -0.610. The first-order valence-electron chi connectivity index (χ1n) is 21.7. The lowest BCUT2D eigenvalue weighted by Crippen LogP contribution is -2.29. The van der Waals surface area contributed by atoms with Gasteiger partial charge in [0.2, 0.25) is 0 Å². The van der Waals surface area contributed by atoms with Crippen LogP contribution < -0.4 is 0 Å². The van der Waals surface area contributed by atoms with Crippen LogP contribution in [-0.4, -0.2) is 48.3 Å². The first-order valence-corrected chi connectivity index (χ1v) is 21.7. The molecule has 0 fully saturated rings. The highest BCUT2D eigenvalue weighted by Crippen LogP contribution is 2.19. The maximum Gasteiger partial charge on any atom is 0.306 e. The molecular formula is C43H87NO3. The quantitative estimate of drug-likeness (QED) is 0.0523. The highest BCUT2D eigenvalue weighted by molar-refractivity contribution is 5.69. The lowest BCUT2D eigenvalue weighted by molar-refractivity contribution is -0.150. The van der Waals surface area contributed by atoms with Crippen molar-refractivity contribution in [2.45, 2.75) is 245 Å². The first kappa shape index (κ1) is 46.4. The van der Waals surface area contributed by atoms with E-state index in [2.05, 4.69) is 25.7 Å². The second-order valence-electron chi connectivity index (χ2n) is 14.9. The molecule has 0 rings (SSSR count). The standard InChI is InChI=1S/C43H87NO3/c1-4-7-10-13-16-17-18-19-20-21-22-23-28-33-38-44(40-41-45)39-34-29-24-27-32-37-43(46)47-42(35-30-25-14-11-8-5-2)36-31-26-15-12-9-6-3/h42,45H,4-41H2,1-3H3. The van der Waals surface area contributed by atoms with Gasteiger partial charge in [-0.05, 0) is 58.0 Å². The molecule has 0 saturated heterocycles. The summed E-state index contributed by atoms with van der Waals surface area (Å²) in [4.78, 5) is 15.1. The van der Waals surface area contributed by atoms with Gasteiger partial charge in [-0.2, -0.15) is 0 Å². The van der Waals surface area contributed by atoms with Crippen molar-refractivity contribution in [2.24, 2.45) is 0 Å². The molecule has 1 N–H and O–H groups in total. The zero-order valence-corrected chi connectivity index (χ0v) is 32.7. The van der Waals surface area contributed by atoms with Crippen LogP contribution in [0.3, 0.4) is 0 Å². The smallest absolute Gasteiger partial charge is 0.306 e. The fourth-order valence-electron chi connectivity index (χ4n) is 6.95. The minimum atomic E-state index is 0.0363. The van der Waals surface area contributed by atoms with Crippen LogP contribution in [-0.2, 0) is 9.53 Å². The van der Waals surface area contributed by atoms with E-state index < -0.39 is 0 Å². The molecule has 0 amide bonds. The van der Waals surface area contributed by atoms with Gasteiger partial charge in [0.1, 0.15) is 6.10 Å². The molecule has 0 aromatic carbocycles. The van der Waals surface area contributed by atoms with E-state index in [4.69, 9.17) is 4.74 Å². The first-order chi connectivity index (χ1) is 23.2. The summed E-state index contributed by atoms with van der Waals surface area (Å²) in [6, 6.07) is 0. The molecule has 0 atom stereocenters. The zero-order chi connectivity index (χ0) is 34.3. The Morgan fingerprint density at radius 2 is 0.766 bits per heavy atom. The van der Waals surface area contributed by atoms with Crippen LogP contribution in [0.1, 0.15) is 239 Å². The highest BCUT2D eigenvalue weighted by Gasteiger charge is 2.14. The van der Waals surface area contributed by atoms with Crippen molar-refractivity contribution in [1.82, 2.24) is 4.90 Å². The number of unbranched alkanes of at least 4 members (excludes halogenated alkanes) is 27. The lowest BCUT2D eigenvalue weighted by atomic mass is 10.0. The summed E-state index contributed by atoms with van der Waals surface area (Å²) in [5, 5.41) is 9.54. The molecule has 0 aliphatic heterocycles. The van der Waals surface area contributed by atoms with E-state index in [1.807, 2.05) is 0 Å². The molecule has 0 aliphatic carbocycles. The lowest BCUT2D eigenvalue weighted by Gasteiger charge is -2.21. The summed E-state index contributed by atoms with van der Waals surface area (Å²) in [6.45, 7) is 10.1. The summed E-state index contributed by atoms with van der Waals surface area (Å²) in [6.07, 6.45) is 43.6. The molecule has 0 bridgehead atoms. The van der Waals surface area contributed by atoms with E-state index in [9.17, 15) is 9.90 Å². The van der Waals surface area contributed by atoms with E-state index in [-0.39, 0.29) is 18.7 Å². The Bertz CT molecular complexity index is 582. The van der Waals surface area contributed by atoms with E-state index >= 15 is 0 Å². The Labute approximate surface area is 296 Å². The minimum absolute atomic E-state index is 0.0363. The molecule has 282 valence electrons. The largest absolute Gasteiger partial charge is 0.462 e. The van der Waals surface area contributed by atoms with E-state index in [1.54, 1.807) is 0 Å². The van der Waals surface area contributed by atoms with Gasteiger partial charge in [0, 0.05) is 13.0 Å². The Balaban J connectivity index is 3.91. The molecule has 4 heteroatoms. The molecule has 47 heavy (non-hydrogen) atoms. The predicted molar refractivity (Wildman–Crippen MR) is 207 cm³/mol. The number of hydrogen-bond donors (Lipinski definition) is 1. The minimum Gasteiger partial charge on any atom is -0.462 e. The number of hydrogen-bond acceptors (Lipinski definition) is 4. The maximum absolute atomic E-state index is 12.7. The molecule has 0 aromatic rings. The summed E-state index contributed by atoms with van der Waals surface area (Å²) in [7, 11) is 0. The van der Waals surface area contributed by atoms with Crippen LogP contribution in [0.4, 0.5) is 0 Å². The van der Waals surface area contributed by atoms with E-state index in [1.165, 1.54) is 186 Å². The average Bonchev–Trinajstić information content (AvgIpc) is 3.07. The Morgan fingerprint density at radius 1 is 0.447 bits per heavy atom. The van der Waals surface area contributed by atoms with Crippen LogP contribution in [0.2, 0.25) is 0 Å². The Kier molecular flexibility index (Phi) is 39.3. The molecular weight excluding hydrogens is 578 g/mol. The van der Waals surface area contributed by atoms with Gasteiger partial charge >= 0.3 is 5.97 Å². The van der Waals surface area contributed by atoms with Gasteiger partial charge in [-0.1, -0.05) is 188 Å². The van der Waals surface area contributed by atoms with Crippen molar-refractivity contribution in [3.05, 3.63) is 0 Å². The molecule has 0 heterocycles. The number of aliphatic hydroxyl groups is 1. The number of carbonyl (C=O) groups excluding carboxylic acids is 1. The van der Waals surface area contributed by atoms with Gasteiger partial charge in [-0.15, -0.1) is 0 Å². The molecule has 0 aromatic heterocycles. The summed E-state index contributed by atoms with van der Waals surface area (Å²) < 4.78 is 6.02. The Morgan fingerprint density at radius 3 is 1.13 bits per heavy atom. The van der Waals surface area contributed by atoms with Gasteiger partial charge < -0.3 is 14.7 Å². The van der Waals surface area contributed by atoms with Crippen molar-refractivity contribution in [2.75, 3.05) is 26.2 Å². The highest BCUT2D eigenvalue weighted by atomic mass is 16.5. The van der Waals surface area contributed by atoms with Gasteiger partial charge in [-0.3, -0.25) is 4.79 Å². The zero-order valence-electron chi connectivity index (χ0n) is 32.7. The maximum atomic E-state index is 12.7. The van der Waals surface area contributed by atoms with Crippen molar-refractivity contribution in [3.63, 3.8) is 0 Å². The summed E-state index contributed by atoms with van der Waals surface area (Å²) in [5.74, 6) is 0.0363. The molecule has 0 aliphatic rings. The van der Waals surface area contributed by atoms with Crippen molar-refractivity contribution in [1.29, 1.82) is 0 Å². The monoisotopic (exact) mass is 666 g/mol. The predicted octanol–water partition coefficient (Wildman–Crippen LogP) is 13.5. The topological polar surface area (TPSA) is 49.8 Å². The molecule has 0 unspecified atom stereocenters. The van der Waals surface area contributed by atoms with Gasteiger partial charge in [0.25, 0.3) is 0 Å². The van der Waals surface area contributed by atoms with Crippen LogP contribution in [0.25, 0.3) is 0 Å². The summed E-state index contributed by atoms with van der Waals surface area (Å²) >= 11 is 0. The number of aliphatic hydroxyl groups excluding tert-OH is 1. The number of carbonyl (C=O) groups is 1. The normalized spacial score (nSPS) is 11.7. The van der Waals surface area contributed by atoms with E-state index in [0.29, 0.717) is 6.42 Å². The second-order valence-corrected chi connectivity index (χ2v) is 14.9. The van der Waals surface area contributed by atoms with Crippen molar-refractivity contribution < 1.29 is 14.6 Å². The van der Waals surface area contributed by atoms with Gasteiger partial charge in [-0.25, -0.2) is 0 Å². The van der Waals surface area contributed by atoms with Gasteiger partial charge in [0.05, 0.1) is 6.61 Å². The third kappa shape index (κ3) is 36.5. The molecule has 4 nitrogen and oxygen atoms in total. The third-order valence-corrected chi connectivity index (χ3v) is 10.2. The van der Waals surface area contributed by atoms with Crippen molar-refractivity contribution >= 4 is 5.97 Å². The van der Waals surface area contributed by atoms with Crippen LogP contribution >= 0.6 is 0 Å². The average molecular weight is 666 g/mol. The van der Waals surface area contributed by atoms with Crippen molar-refractivity contribution in [3.8, 4) is 0 Å². The second kappa shape index (κ2) is 39.8. The van der Waals surface area contributed by atoms with Crippen LogP contribution in [0.5, 0.6) is 0 Å². The molecule has 0 saturated carbocycles. The van der Waals surface area contributed by atoms with Gasteiger partial charge in [0.15, 0.2) is 0 Å².